The second kappa shape index (κ2) is 7.33. The van der Waals surface area contributed by atoms with Gasteiger partial charge in [0.15, 0.2) is 0 Å². The summed E-state index contributed by atoms with van der Waals surface area (Å²) in [6.07, 6.45) is 3.79. The molecular formula is C23H19FN4O2. The zero-order valence-electron chi connectivity index (χ0n) is 16.4. The summed E-state index contributed by atoms with van der Waals surface area (Å²) in [6, 6.07) is 10.8. The zero-order chi connectivity index (χ0) is 20.7. The number of methoxy groups -OCH3 is 1. The first-order valence-electron chi connectivity index (χ1n) is 9.69. The van der Waals surface area contributed by atoms with Crippen molar-refractivity contribution in [2.75, 3.05) is 7.11 Å². The number of fused-ring (bicyclic) bond motifs is 2. The van der Waals surface area contributed by atoms with Crippen molar-refractivity contribution in [3.63, 3.8) is 0 Å². The predicted octanol–water partition coefficient (Wildman–Crippen LogP) is 3.06. The van der Waals surface area contributed by atoms with Crippen molar-refractivity contribution in [1.82, 2.24) is 14.9 Å². The van der Waals surface area contributed by atoms with Gasteiger partial charge < -0.3 is 9.64 Å². The quantitative estimate of drug-likeness (QED) is 0.673. The molecule has 2 aliphatic heterocycles. The largest absolute Gasteiger partial charge is 0.467 e. The number of ether oxygens (including phenoxy) is 1. The molecule has 2 aliphatic rings. The Morgan fingerprint density at radius 2 is 1.83 bits per heavy atom. The lowest BCUT2D eigenvalue weighted by Gasteiger charge is -2.29. The number of benzene rings is 2. The minimum Gasteiger partial charge on any atom is -0.467 e. The fourth-order valence-corrected chi connectivity index (χ4v) is 3.97. The molecule has 6 nitrogen and oxygen atoms in total. The third-order valence-electron chi connectivity index (χ3n) is 5.51. The number of amides is 1. The average molecular weight is 402 g/mol. The van der Waals surface area contributed by atoms with Crippen LogP contribution >= 0.6 is 0 Å². The van der Waals surface area contributed by atoms with E-state index in [4.69, 9.17) is 4.74 Å². The summed E-state index contributed by atoms with van der Waals surface area (Å²) in [5.74, 6) is -0.201. The number of halogens is 1. The minimum atomic E-state index is -0.279. The average Bonchev–Trinajstić information content (AvgIpc) is 3.17. The maximum atomic E-state index is 13.2. The Bertz CT molecular complexity index is 1160. The van der Waals surface area contributed by atoms with Crippen LogP contribution in [0.25, 0.3) is 0 Å². The molecule has 0 aliphatic carbocycles. The van der Waals surface area contributed by atoms with E-state index >= 15 is 0 Å². The Labute approximate surface area is 173 Å². The number of hydrogen-bond acceptors (Lipinski definition) is 5. The second-order valence-corrected chi connectivity index (χ2v) is 7.45. The Hall–Kier alpha value is -3.61. The molecule has 1 aromatic heterocycles. The molecule has 1 amide bonds. The number of rotatable bonds is 4. The standard InChI is InChI=1S/C23H19FN4O2/c1-30-23-26-10-18(11-27-23)22-20-7-17-13-28(12-14-2-4-19(24)5-3-14)21(29)8-15(17)6-16(20)9-25-22/h2-7,10-11H,8-9,12-13H2,1H3. The molecule has 5 rings (SSSR count). The smallest absolute Gasteiger partial charge is 0.316 e. The lowest BCUT2D eigenvalue weighted by molar-refractivity contribution is -0.132. The van der Waals surface area contributed by atoms with Crippen LogP contribution in [0.1, 0.15) is 33.4 Å². The van der Waals surface area contributed by atoms with E-state index in [0.717, 1.165) is 39.1 Å². The van der Waals surface area contributed by atoms with Gasteiger partial charge in [-0.15, -0.1) is 0 Å². The molecule has 3 aromatic rings. The SMILES string of the molecule is COc1ncc(C2=NCc3cc4c(cc32)CN(Cc2ccc(F)cc2)C(=O)C4)cn1. The maximum Gasteiger partial charge on any atom is 0.316 e. The van der Waals surface area contributed by atoms with Gasteiger partial charge in [0, 0.05) is 36.6 Å². The molecule has 0 radical (unpaired) electrons. The van der Waals surface area contributed by atoms with Gasteiger partial charge in [-0.1, -0.05) is 18.2 Å². The van der Waals surface area contributed by atoms with Gasteiger partial charge in [-0.05, 0) is 40.5 Å². The van der Waals surface area contributed by atoms with E-state index in [-0.39, 0.29) is 11.7 Å². The summed E-state index contributed by atoms with van der Waals surface area (Å²) in [5, 5.41) is 0. The highest BCUT2D eigenvalue weighted by Crippen LogP contribution is 2.30. The highest BCUT2D eigenvalue weighted by molar-refractivity contribution is 6.15. The number of aliphatic imine (C=N–C) groups is 1. The highest BCUT2D eigenvalue weighted by Gasteiger charge is 2.27. The van der Waals surface area contributed by atoms with Crippen molar-refractivity contribution < 1.29 is 13.9 Å². The third kappa shape index (κ3) is 3.32. The summed E-state index contributed by atoms with van der Waals surface area (Å²) in [6.45, 7) is 1.56. The lowest BCUT2D eigenvalue weighted by Crippen LogP contribution is -2.35. The molecule has 0 spiro atoms. The van der Waals surface area contributed by atoms with E-state index in [2.05, 4.69) is 27.1 Å². The first kappa shape index (κ1) is 18.4. The van der Waals surface area contributed by atoms with E-state index in [9.17, 15) is 9.18 Å². The van der Waals surface area contributed by atoms with Crippen molar-refractivity contribution in [3.8, 4) is 6.01 Å². The zero-order valence-corrected chi connectivity index (χ0v) is 16.4. The summed E-state index contributed by atoms with van der Waals surface area (Å²) in [4.78, 5) is 27.5. The molecule has 0 saturated heterocycles. The van der Waals surface area contributed by atoms with Gasteiger partial charge in [-0.3, -0.25) is 9.79 Å². The fraction of sp³-hybridized carbons (Fsp3) is 0.217. The molecule has 0 unspecified atom stereocenters. The first-order chi connectivity index (χ1) is 14.6. The van der Waals surface area contributed by atoms with Crippen molar-refractivity contribution in [3.05, 3.63) is 88.0 Å². The van der Waals surface area contributed by atoms with Crippen LogP contribution in [-0.4, -0.2) is 33.6 Å². The number of carbonyl (C=O) groups is 1. The summed E-state index contributed by atoms with van der Waals surface area (Å²) in [7, 11) is 1.53. The van der Waals surface area contributed by atoms with Gasteiger partial charge in [-0.25, -0.2) is 14.4 Å². The normalized spacial score (nSPS) is 14.9. The van der Waals surface area contributed by atoms with Gasteiger partial charge in [0.2, 0.25) is 5.91 Å². The minimum absolute atomic E-state index is 0.0782. The molecule has 0 atom stereocenters. The molecule has 0 bridgehead atoms. The number of nitrogens with zero attached hydrogens (tertiary/aromatic N) is 4. The molecule has 3 heterocycles. The molecule has 7 heteroatoms. The van der Waals surface area contributed by atoms with Crippen LogP contribution in [-0.2, 0) is 30.8 Å². The maximum absolute atomic E-state index is 13.2. The van der Waals surface area contributed by atoms with Crippen molar-refractivity contribution >= 4 is 11.6 Å². The van der Waals surface area contributed by atoms with Crippen LogP contribution in [0.4, 0.5) is 4.39 Å². The van der Waals surface area contributed by atoms with Crippen molar-refractivity contribution in [2.24, 2.45) is 4.99 Å². The summed E-state index contributed by atoms with van der Waals surface area (Å²) in [5.41, 5.74) is 6.93. The summed E-state index contributed by atoms with van der Waals surface area (Å²) < 4.78 is 18.2. The Kier molecular flexibility index (Phi) is 4.50. The van der Waals surface area contributed by atoms with Crippen LogP contribution in [0.3, 0.4) is 0 Å². The molecule has 0 N–H and O–H groups in total. The van der Waals surface area contributed by atoms with E-state index in [1.807, 2.05) is 4.90 Å². The van der Waals surface area contributed by atoms with E-state index in [1.54, 1.807) is 24.5 Å². The Balaban J connectivity index is 1.42. The molecule has 2 aromatic carbocycles. The Morgan fingerprint density at radius 1 is 1.07 bits per heavy atom. The van der Waals surface area contributed by atoms with Crippen molar-refractivity contribution in [1.29, 1.82) is 0 Å². The monoisotopic (exact) mass is 402 g/mol. The highest BCUT2D eigenvalue weighted by atomic mass is 19.1. The number of aromatic nitrogens is 2. The van der Waals surface area contributed by atoms with Gasteiger partial charge >= 0.3 is 6.01 Å². The lowest BCUT2D eigenvalue weighted by atomic mass is 9.91. The van der Waals surface area contributed by atoms with Gasteiger partial charge in [0.05, 0.1) is 25.8 Å². The van der Waals surface area contributed by atoms with Gasteiger partial charge in [-0.2, -0.15) is 0 Å². The number of hydrogen-bond donors (Lipinski definition) is 0. The van der Waals surface area contributed by atoms with E-state index in [0.29, 0.717) is 32.1 Å². The topological polar surface area (TPSA) is 67.7 Å². The van der Waals surface area contributed by atoms with Crippen LogP contribution < -0.4 is 4.74 Å². The Morgan fingerprint density at radius 3 is 2.57 bits per heavy atom. The number of carbonyl (C=O) groups excluding carboxylic acids is 1. The van der Waals surface area contributed by atoms with E-state index < -0.39 is 0 Å². The van der Waals surface area contributed by atoms with Crippen LogP contribution in [0.5, 0.6) is 6.01 Å². The van der Waals surface area contributed by atoms with Gasteiger partial charge in [0.1, 0.15) is 5.82 Å². The summed E-state index contributed by atoms with van der Waals surface area (Å²) >= 11 is 0. The first-order valence-corrected chi connectivity index (χ1v) is 9.69. The molecule has 30 heavy (non-hydrogen) atoms. The van der Waals surface area contributed by atoms with Gasteiger partial charge in [0.25, 0.3) is 0 Å². The van der Waals surface area contributed by atoms with E-state index in [1.165, 1.54) is 19.2 Å². The van der Waals surface area contributed by atoms with Crippen LogP contribution in [0, 0.1) is 5.82 Å². The molecular weight excluding hydrogens is 383 g/mol. The van der Waals surface area contributed by atoms with Crippen LogP contribution in [0.2, 0.25) is 0 Å². The molecule has 0 fully saturated rings. The van der Waals surface area contributed by atoms with Crippen LogP contribution in [0.15, 0.2) is 53.8 Å². The fourth-order valence-electron chi connectivity index (χ4n) is 3.97. The van der Waals surface area contributed by atoms with Crippen molar-refractivity contribution in [2.45, 2.75) is 26.1 Å². The predicted molar refractivity (Wildman–Crippen MR) is 109 cm³/mol. The molecule has 150 valence electrons. The third-order valence-corrected chi connectivity index (χ3v) is 5.51. The second-order valence-electron chi connectivity index (χ2n) is 7.45. The molecule has 0 saturated carbocycles.